The molecule has 0 fully saturated rings. The van der Waals surface area contributed by atoms with Crippen LogP contribution in [0.1, 0.15) is 24.5 Å². The van der Waals surface area contributed by atoms with E-state index >= 15 is 0 Å². The van der Waals surface area contributed by atoms with E-state index in [0.717, 1.165) is 0 Å². The molecule has 0 aromatic heterocycles. The molecule has 0 aliphatic carbocycles. The van der Waals surface area contributed by atoms with Gasteiger partial charge in [-0.2, -0.15) is 17.5 Å². The summed E-state index contributed by atoms with van der Waals surface area (Å²) in [7, 11) is -4.24. The smallest absolute Gasteiger partial charge is 0.399 e. The number of hydrogen-bond acceptors (Lipinski definition) is 3. The first-order valence-corrected chi connectivity index (χ1v) is 7.86. The maximum absolute atomic E-state index is 12.6. The average molecular weight is 324 g/mol. The summed E-state index contributed by atoms with van der Waals surface area (Å²) in [5, 5.41) is 0. The van der Waals surface area contributed by atoms with Crippen LogP contribution in [0.5, 0.6) is 0 Å². The lowest BCUT2D eigenvalue weighted by atomic mass is 10.1. The minimum Gasteiger partial charge on any atom is -0.399 e. The van der Waals surface area contributed by atoms with Gasteiger partial charge in [-0.25, -0.2) is 8.42 Å². The maximum Gasteiger partial charge on any atom is 0.402 e. The molecule has 120 valence electrons. The van der Waals surface area contributed by atoms with Gasteiger partial charge in [0, 0.05) is 12.2 Å². The summed E-state index contributed by atoms with van der Waals surface area (Å²) in [4.78, 5) is -0.169. The Kier molecular flexibility index (Phi) is 5.27. The third-order valence-corrected chi connectivity index (χ3v) is 5.06. The maximum atomic E-state index is 12.6. The average Bonchev–Trinajstić information content (AvgIpc) is 2.31. The highest BCUT2D eigenvalue weighted by atomic mass is 32.2. The van der Waals surface area contributed by atoms with Crippen LogP contribution in [0.2, 0.25) is 0 Å². The number of rotatable bonds is 5. The fourth-order valence-corrected chi connectivity index (χ4v) is 3.84. The minimum atomic E-state index is -4.59. The summed E-state index contributed by atoms with van der Waals surface area (Å²) in [6, 6.07) is 2.79. The second kappa shape index (κ2) is 6.23. The topological polar surface area (TPSA) is 63.4 Å². The van der Waals surface area contributed by atoms with Crippen molar-refractivity contribution in [2.45, 2.75) is 38.3 Å². The molecule has 0 aliphatic heterocycles. The van der Waals surface area contributed by atoms with Gasteiger partial charge >= 0.3 is 6.18 Å². The molecule has 0 spiro atoms. The van der Waals surface area contributed by atoms with Gasteiger partial charge < -0.3 is 5.73 Å². The first kappa shape index (κ1) is 17.8. The van der Waals surface area contributed by atoms with E-state index in [1.807, 2.05) is 0 Å². The summed E-state index contributed by atoms with van der Waals surface area (Å²) in [6.07, 6.45) is -4.30. The number of aryl methyl sites for hydroxylation is 1. The Bertz CT molecular complexity index is 613. The number of anilines is 1. The number of nitrogens with zero attached hydrogens (tertiary/aromatic N) is 1. The highest BCUT2D eigenvalue weighted by Gasteiger charge is 2.37. The second-order valence-corrected chi connectivity index (χ2v) is 6.82. The zero-order valence-electron chi connectivity index (χ0n) is 12.2. The van der Waals surface area contributed by atoms with Gasteiger partial charge in [0.05, 0.1) is 4.90 Å². The number of nitrogen functional groups attached to an aromatic ring is 1. The summed E-state index contributed by atoms with van der Waals surface area (Å²) >= 11 is 0. The zero-order valence-corrected chi connectivity index (χ0v) is 13.0. The standard InChI is InChI=1S/C13H19F3N2O2S/c1-4-5-18(8-13(14,15)16)21(19,20)12-7-11(17)6-9(2)10(12)3/h6-7H,4-5,8,17H2,1-3H3. The van der Waals surface area contributed by atoms with E-state index in [1.54, 1.807) is 26.8 Å². The van der Waals surface area contributed by atoms with Gasteiger partial charge in [0.1, 0.15) is 6.54 Å². The van der Waals surface area contributed by atoms with Crippen LogP contribution >= 0.6 is 0 Å². The van der Waals surface area contributed by atoms with Gasteiger partial charge in [-0.15, -0.1) is 0 Å². The minimum absolute atomic E-state index is 0.169. The molecule has 8 heteroatoms. The highest BCUT2D eigenvalue weighted by Crippen LogP contribution is 2.28. The van der Waals surface area contributed by atoms with Crippen LogP contribution in [0, 0.1) is 13.8 Å². The van der Waals surface area contributed by atoms with E-state index < -0.39 is 22.7 Å². The van der Waals surface area contributed by atoms with Gasteiger partial charge in [-0.05, 0) is 43.5 Å². The van der Waals surface area contributed by atoms with Crippen molar-refractivity contribution in [2.24, 2.45) is 0 Å². The van der Waals surface area contributed by atoms with Crippen molar-refractivity contribution in [3.05, 3.63) is 23.3 Å². The molecule has 0 heterocycles. The van der Waals surface area contributed by atoms with Crippen LogP contribution in [0.4, 0.5) is 18.9 Å². The molecule has 0 aliphatic rings. The van der Waals surface area contributed by atoms with Crippen LogP contribution in [0.15, 0.2) is 17.0 Å². The number of sulfonamides is 1. The predicted octanol–water partition coefficient (Wildman–Crippen LogP) is 2.85. The molecule has 0 amide bonds. The number of hydrogen-bond donors (Lipinski definition) is 1. The van der Waals surface area contributed by atoms with Gasteiger partial charge in [0.15, 0.2) is 0 Å². The number of nitrogens with two attached hydrogens (primary N) is 1. The Morgan fingerprint density at radius 1 is 1.24 bits per heavy atom. The number of alkyl halides is 3. The molecule has 0 saturated heterocycles. The summed E-state index contributed by atoms with van der Waals surface area (Å²) in [5.74, 6) is 0. The molecule has 0 unspecified atom stereocenters. The molecule has 21 heavy (non-hydrogen) atoms. The first-order chi connectivity index (χ1) is 9.49. The van der Waals surface area contributed by atoms with Crippen LogP contribution in [-0.2, 0) is 10.0 Å². The molecular weight excluding hydrogens is 305 g/mol. The molecule has 1 aromatic carbocycles. The van der Waals surface area contributed by atoms with Crippen molar-refractivity contribution in [3.63, 3.8) is 0 Å². The Hall–Kier alpha value is -1.28. The lowest BCUT2D eigenvalue weighted by Gasteiger charge is -2.24. The van der Waals surface area contributed by atoms with Crippen molar-refractivity contribution < 1.29 is 21.6 Å². The molecule has 1 aromatic rings. The van der Waals surface area contributed by atoms with E-state index in [-0.39, 0.29) is 23.5 Å². The molecule has 0 bridgehead atoms. The van der Waals surface area contributed by atoms with Gasteiger partial charge in [0.25, 0.3) is 0 Å². The van der Waals surface area contributed by atoms with E-state index in [4.69, 9.17) is 5.73 Å². The number of benzene rings is 1. The van der Waals surface area contributed by atoms with Crippen molar-refractivity contribution in [1.82, 2.24) is 4.31 Å². The lowest BCUT2D eigenvalue weighted by molar-refractivity contribution is -0.136. The van der Waals surface area contributed by atoms with Gasteiger partial charge in [-0.3, -0.25) is 0 Å². The van der Waals surface area contributed by atoms with Crippen molar-refractivity contribution in [1.29, 1.82) is 0 Å². The second-order valence-electron chi connectivity index (χ2n) is 4.91. The third-order valence-electron chi connectivity index (χ3n) is 3.09. The quantitative estimate of drug-likeness (QED) is 0.847. The van der Waals surface area contributed by atoms with Crippen LogP contribution < -0.4 is 5.73 Å². The van der Waals surface area contributed by atoms with Crippen LogP contribution in [-0.4, -0.2) is 32.0 Å². The van der Waals surface area contributed by atoms with Gasteiger partial charge in [-0.1, -0.05) is 6.92 Å². The highest BCUT2D eigenvalue weighted by molar-refractivity contribution is 7.89. The molecule has 0 atom stereocenters. The molecule has 1 rings (SSSR count). The Morgan fingerprint density at radius 2 is 1.81 bits per heavy atom. The fourth-order valence-electron chi connectivity index (χ4n) is 1.99. The SMILES string of the molecule is CCCN(CC(F)(F)F)S(=O)(=O)c1cc(N)cc(C)c1C. The first-order valence-electron chi connectivity index (χ1n) is 6.42. The van der Waals surface area contributed by atoms with Crippen LogP contribution in [0.3, 0.4) is 0 Å². The lowest BCUT2D eigenvalue weighted by Crippen LogP contribution is -2.39. The van der Waals surface area contributed by atoms with E-state index in [2.05, 4.69) is 0 Å². The predicted molar refractivity (Wildman–Crippen MR) is 75.4 cm³/mol. The fraction of sp³-hybridized carbons (Fsp3) is 0.538. The third kappa shape index (κ3) is 4.34. The monoisotopic (exact) mass is 324 g/mol. The Balaban J connectivity index is 3.36. The molecular formula is C13H19F3N2O2S. The zero-order chi connectivity index (χ0) is 16.4. The van der Waals surface area contributed by atoms with Crippen molar-refractivity contribution in [2.75, 3.05) is 18.8 Å². The molecule has 0 radical (unpaired) electrons. The largest absolute Gasteiger partial charge is 0.402 e. The number of halogens is 3. The normalized spacial score (nSPS) is 12.9. The van der Waals surface area contributed by atoms with Crippen molar-refractivity contribution >= 4 is 15.7 Å². The molecule has 0 saturated carbocycles. The van der Waals surface area contributed by atoms with E-state index in [9.17, 15) is 21.6 Å². The Morgan fingerprint density at radius 3 is 2.29 bits per heavy atom. The summed E-state index contributed by atoms with van der Waals surface area (Å²) < 4.78 is 63.3. The van der Waals surface area contributed by atoms with E-state index in [0.29, 0.717) is 15.4 Å². The molecule has 2 N–H and O–H groups in total. The summed E-state index contributed by atoms with van der Waals surface area (Å²) in [5.41, 5.74) is 6.86. The molecule has 4 nitrogen and oxygen atoms in total. The van der Waals surface area contributed by atoms with Gasteiger partial charge in [0.2, 0.25) is 10.0 Å². The summed E-state index contributed by atoms with van der Waals surface area (Å²) in [6.45, 7) is 3.14. The van der Waals surface area contributed by atoms with E-state index in [1.165, 1.54) is 6.07 Å². The van der Waals surface area contributed by atoms with Crippen molar-refractivity contribution in [3.8, 4) is 0 Å². The Labute approximate surface area is 122 Å². The van der Waals surface area contributed by atoms with Crippen LogP contribution in [0.25, 0.3) is 0 Å².